The summed E-state index contributed by atoms with van der Waals surface area (Å²) in [5.74, 6) is 0.115. The van der Waals surface area contributed by atoms with Gasteiger partial charge in [-0.1, -0.05) is 36.4 Å². The molecule has 0 radical (unpaired) electrons. The van der Waals surface area contributed by atoms with Crippen molar-refractivity contribution in [3.63, 3.8) is 0 Å². The summed E-state index contributed by atoms with van der Waals surface area (Å²) in [7, 11) is 0. The lowest BCUT2D eigenvalue weighted by Gasteiger charge is -2.04. The van der Waals surface area contributed by atoms with Crippen molar-refractivity contribution >= 4 is 39.7 Å². The van der Waals surface area contributed by atoms with Gasteiger partial charge in [0.1, 0.15) is 5.58 Å². The van der Waals surface area contributed by atoms with Crippen molar-refractivity contribution in [2.24, 2.45) is 0 Å². The molecule has 5 heteroatoms. The quantitative estimate of drug-likeness (QED) is 0.487. The maximum atomic E-state index is 12.7. The minimum absolute atomic E-state index is 0.0708. The molecule has 0 aliphatic rings. The Bertz CT molecular complexity index is 1110. The number of hydrogen-bond acceptors (Lipinski definition) is 4. The summed E-state index contributed by atoms with van der Waals surface area (Å²) in [4.78, 5) is 25.9. The number of anilines is 1. The number of amides is 1. The van der Waals surface area contributed by atoms with Crippen LogP contribution in [0, 0.1) is 6.92 Å². The third-order valence-electron chi connectivity index (χ3n) is 4.38. The van der Waals surface area contributed by atoms with Gasteiger partial charge in [0, 0.05) is 27.1 Å². The lowest BCUT2D eigenvalue weighted by molar-refractivity contribution is -0.115. The highest BCUT2D eigenvalue weighted by atomic mass is 32.1. The molecule has 0 bridgehead atoms. The minimum Gasteiger partial charge on any atom is -0.452 e. The molecule has 134 valence electrons. The fourth-order valence-electron chi connectivity index (χ4n) is 3.01. The van der Waals surface area contributed by atoms with Gasteiger partial charge >= 0.3 is 0 Å². The first-order chi connectivity index (χ1) is 13.1. The summed E-state index contributed by atoms with van der Waals surface area (Å²) < 4.78 is 5.80. The molecular weight excluding hydrogens is 358 g/mol. The van der Waals surface area contributed by atoms with Gasteiger partial charge < -0.3 is 9.73 Å². The highest BCUT2D eigenvalue weighted by Crippen LogP contribution is 2.29. The van der Waals surface area contributed by atoms with E-state index in [0.29, 0.717) is 29.0 Å². The Balaban J connectivity index is 1.60. The van der Waals surface area contributed by atoms with Crippen molar-refractivity contribution in [1.82, 2.24) is 0 Å². The van der Waals surface area contributed by atoms with Crippen LogP contribution in [0.15, 0.2) is 70.5 Å². The molecule has 0 fully saturated rings. The largest absolute Gasteiger partial charge is 0.452 e. The molecule has 0 saturated carbocycles. The molecular formula is C22H17NO3S. The fourth-order valence-corrected chi connectivity index (χ4v) is 3.72. The zero-order valence-electron chi connectivity index (χ0n) is 14.7. The summed E-state index contributed by atoms with van der Waals surface area (Å²) in [5, 5.41) is 5.69. The van der Waals surface area contributed by atoms with Crippen molar-refractivity contribution in [3.05, 3.63) is 87.8 Å². The normalized spacial score (nSPS) is 10.9. The van der Waals surface area contributed by atoms with Crippen LogP contribution in [0.4, 0.5) is 5.69 Å². The Hall–Kier alpha value is -3.18. The second-order valence-electron chi connectivity index (χ2n) is 6.27. The summed E-state index contributed by atoms with van der Waals surface area (Å²) in [6, 6.07) is 18.3. The smallest absolute Gasteiger partial charge is 0.229 e. The molecule has 0 saturated heterocycles. The minimum atomic E-state index is -0.146. The topological polar surface area (TPSA) is 59.3 Å². The number of rotatable bonds is 5. The van der Waals surface area contributed by atoms with E-state index in [2.05, 4.69) is 5.32 Å². The number of carbonyl (C=O) groups is 2. The highest BCUT2D eigenvalue weighted by molar-refractivity contribution is 7.10. The van der Waals surface area contributed by atoms with Crippen molar-refractivity contribution in [2.45, 2.75) is 13.3 Å². The van der Waals surface area contributed by atoms with Gasteiger partial charge in [-0.2, -0.15) is 0 Å². The first kappa shape index (κ1) is 17.2. The first-order valence-electron chi connectivity index (χ1n) is 8.57. The second kappa shape index (κ2) is 7.21. The molecule has 4 nitrogen and oxygen atoms in total. The number of thiophene rings is 1. The Morgan fingerprint density at radius 3 is 2.59 bits per heavy atom. The maximum absolute atomic E-state index is 12.7. The molecule has 1 amide bonds. The van der Waals surface area contributed by atoms with Crippen LogP contribution >= 0.6 is 11.3 Å². The van der Waals surface area contributed by atoms with Crippen LogP contribution in [0.3, 0.4) is 0 Å². The van der Waals surface area contributed by atoms with E-state index in [1.807, 2.05) is 48.7 Å². The molecule has 0 aliphatic heterocycles. The Morgan fingerprint density at radius 1 is 1.04 bits per heavy atom. The number of benzene rings is 2. The second-order valence-corrected chi connectivity index (χ2v) is 7.30. The Kier molecular flexibility index (Phi) is 4.60. The van der Waals surface area contributed by atoms with Crippen LogP contribution in [0.25, 0.3) is 11.0 Å². The predicted molar refractivity (Wildman–Crippen MR) is 107 cm³/mol. The van der Waals surface area contributed by atoms with E-state index in [-0.39, 0.29) is 11.7 Å². The molecule has 2 aromatic heterocycles. The van der Waals surface area contributed by atoms with Gasteiger partial charge in [-0.25, -0.2) is 0 Å². The first-order valence-corrected chi connectivity index (χ1v) is 9.45. The molecule has 0 spiro atoms. The van der Waals surface area contributed by atoms with Gasteiger partial charge in [0.25, 0.3) is 0 Å². The van der Waals surface area contributed by atoms with Gasteiger partial charge in [0.05, 0.1) is 6.42 Å². The van der Waals surface area contributed by atoms with E-state index in [1.54, 1.807) is 35.6 Å². The van der Waals surface area contributed by atoms with E-state index in [4.69, 9.17) is 4.42 Å². The van der Waals surface area contributed by atoms with E-state index in [0.717, 1.165) is 15.8 Å². The average molecular weight is 375 g/mol. The van der Waals surface area contributed by atoms with Crippen LogP contribution in [0.2, 0.25) is 0 Å². The van der Waals surface area contributed by atoms with Crippen molar-refractivity contribution in [2.75, 3.05) is 5.32 Å². The molecule has 0 unspecified atom stereocenters. The molecule has 4 rings (SSSR count). The van der Waals surface area contributed by atoms with Gasteiger partial charge in [-0.3, -0.25) is 9.59 Å². The monoisotopic (exact) mass is 375 g/mol. The van der Waals surface area contributed by atoms with E-state index < -0.39 is 0 Å². The summed E-state index contributed by atoms with van der Waals surface area (Å²) >= 11 is 1.56. The van der Waals surface area contributed by atoms with Crippen LogP contribution in [0.5, 0.6) is 0 Å². The van der Waals surface area contributed by atoms with Crippen molar-refractivity contribution < 1.29 is 14.0 Å². The van der Waals surface area contributed by atoms with Crippen molar-refractivity contribution in [3.8, 4) is 0 Å². The maximum Gasteiger partial charge on any atom is 0.229 e. The zero-order valence-corrected chi connectivity index (χ0v) is 15.5. The number of carbonyl (C=O) groups excluding carboxylic acids is 2. The molecule has 1 N–H and O–H groups in total. The third kappa shape index (κ3) is 3.55. The van der Waals surface area contributed by atoms with Crippen LogP contribution in [0.1, 0.15) is 26.6 Å². The molecule has 4 aromatic rings. The third-order valence-corrected chi connectivity index (χ3v) is 5.25. The van der Waals surface area contributed by atoms with E-state index in [9.17, 15) is 9.59 Å². The molecule has 2 aromatic carbocycles. The fraction of sp³-hybridized carbons (Fsp3) is 0.0909. The molecule has 2 heterocycles. The van der Waals surface area contributed by atoms with Crippen molar-refractivity contribution in [1.29, 1.82) is 0 Å². The molecule has 27 heavy (non-hydrogen) atoms. The molecule has 0 atom stereocenters. The van der Waals surface area contributed by atoms with Gasteiger partial charge in [0.2, 0.25) is 11.7 Å². The summed E-state index contributed by atoms with van der Waals surface area (Å²) in [5.41, 5.74) is 2.67. The lowest BCUT2D eigenvalue weighted by atomic mass is 10.0. The number of ketones is 1. The van der Waals surface area contributed by atoms with Gasteiger partial charge in [-0.05, 0) is 36.6 Å². The lowest BCUT2D eigenvalue weighted by Crippen LogP contribution is -2.13. The van der Waals surface area contributed by atoms with Gasteiger partial charge in [-0.15, -0.1) is 11.3 Å². The Labute approximate surface area is 160 Å². The van der Waals surface area contributed by atoms with Crippen LogP contribution < -0.4 is 5.32 Å². The zero-order chi connectivity index (χ0) is 18.8. The number of aryl methyl sites for hydroxylation is 1. The van der Waals surface area contributed by atoms with Gasteiger partial charge in [0.15, 0.2) is 5.76 Å². The number of furan rings is 1. The SMILES string of the molecule is Cc1c(C(=O)c2ccccc2)oc2ccc(NC(=O)Cc3cccs3)cc12. The standard InChI is InChI=1S/C22H17NO3S/c1-14-18-12-16(23-20(24)13-17-8-5-11-27-17)9-10-19(18)26-22(14)21(25)15-6-3-2-4-7-15/h2-12H,13H2,1H3,(H,23,24). The number of fused-ring (bicyclic) bond motifs is 1. The highest BCUT2D eigenvalue weighted by Gasteiger charge is 2.19. The number of hydrogen-bond donors (Lipinski definition) is 1. The Morgan fingerprint density at radius 2 is 1.85 bits per heavy atom. The summed E-state index contributed by atoms with van der Waals surface area (Å²) in [6.07, 6.45) is 0.345. The average Bonchev–Trinajstić information content (AvgIpc) is 3.30. The predicted octanol–water partition coefficient (Wildman–Crippen LogP) is 5.21. The molecule has 0 aliphatic carbocycles. The summed E-state index contributed by atoms with van der Waals surface area (Å²) in [6.45, 7) is 1.86. The van der Waals surface area contributed by atoms with Crippen LogP contribution in [-0.4, -0.2) is 11.7 Å². The van der Waals surface area contributed by atoms with E-state index in [1.165, 1.54) is 0 Å². The van der Waals surface area contributed by atoms with E-state index >= 15 is 0 Å². The van der Waals surface area contributed by atoms with Crippen LogP contribution in [-0.2, 0) is 11.2 Å². The number of nitrogens with one attached hydrogen (secondary N) is 1.